The predicted octanol–water partition coefficient (Wildman–Crippen LogP) is 1.56. The van der Waals surface area contributed by atoms with Gasteiger partial charge in [-0.05, 0) is 25.1 Å². The number of rotatable bonds is 3. The van der Waals surface area contributed by atoms with Crippen LogP contribution in [0.5, 0.6) is 0 Å². The van der Waals surface area contributed by atoms with E-state index in [9.17, 15) is 12.8 Å². The van der Waals surface area contributed by atoms with Crippen molar-refractivity contribution in [2.24, 2.45) is 0 Å². The van der Waals surface area contributed by atoms with Gasteiger partial charge < -0.3 is 10.3 Å². The summed E-state index contributed by atoms with van der Waals surface area (Å²) in [6, 6.07) is 3.92. The number of hydrogen-bond donors (Lipinski definition) is 1. The van der Waals surface area contributed by atoms with E-state index in [0.29, 0.717) is 5.69 Å². The highest BCUT2D eigenvalue weighted by molar-refractivity contribution is 7.90. The Bertz CT molecular complexity index is 712. The van der Waals surface area contributed by atoms with Crippen molar-refractivity contribution in [3.8, 4) is 11.5 Å². The van der Waals surface area contributed by atoms with Crippen molar-refractivity contribution in [1.82, 2.24) is 10.1 Å². The van der Waals surface area contributed by atoms with Crippen LogP contribution in [0.1, 0.15) is 18.0 Å². The van der Waals surface area contributed by atoms with Crippen molar-refractivity contribution in [3.63, 3.8) is 0 Å². The number of benzene rings is 1. The van der Waals surface area contributed by atoms with Crippen LogP contribution in [-0.2, 0) is 9.84 Å². The van der Waals surface area contributed by atoms with E-state index in [1.165, 1.54) is 25.1 Å². The fourth-order valence-electron chi connectivity index (χ4n) is 1.41. The summed E-state index contributed by atoms with van der Waals surface area (Å²) in [5.74, 6) is -0.689. The molecule has 0 bridgehead atoms. The molecule has 102 valence electrons. The summed E-state index contributed by atoms with van der Waals surface area (Å²) in [5, 5.41) is 2.63. The molecule has 0 radical (unpaired) electrons. The van der Waals surface area contributed by atoms with Gasteiger partial charge in [-0.2, -0.15) is 4.98 Å². The first-order chi connectivity index (χ1) is 8.79. The van der Waals surface area contributed by atoms with Gasteiger partial charge >= 0.3 is 0 Å². The van der Waals surface area contributed by atoms with Gasteiger partial charge in [0.2, 0.25) is 0 Å². The Hall–Kier alpha value is -1.96. The van der Waals surface area contributed by atoms with Gasteiger partial charge in [0.25, 0.3) is 5.89 Å². The molecular formula is C11H12FN3O3S. The minimum atomic E-state index is -3.35. The molecule has 0 saturated carbocycles. The van der Waals surface area contributed by atoms with E-state index < -0.39 is 20.9 Å². The average molecular weight is 285 g/mol. The molecule has 1 atom stereocenters. The highest BCUT2D eigenvalue weighted by Crippen LogP contribution is 2.26. The van der Waals surface area contributed by atoms with Crippen molar-refractivity contribution in [2.45, 2.75) is 12.2 Å². The average Bonchev–Trinajstić information content (AvgIpc) is 2.79. The molecule has 0 amide bonds. The normalized spacial score (nSPS) is 13.4. The van der Waals surface area contributed by atoms with Crippen LogP contribution in [0.3, 0.4) is 0 Å². The molecule has 2 N–H and O–H groups in total. The number of sulfone groups is 1. The molecule has 19 heavy (non-hydrogen) atoms. The molecule has 0 spiro atoms. The zero-order valence-electron chi connectivity index (χ0n) is 10.3. The third-order valence-electron chi connectivity index (χ3n) is 2.67. The van der Waals surface area contributed by atoms with Crippen LogP contribution < -0.4 is 5.73 Å². The summed E-state index contributed by atoms with van der Waals surface area (Å²) in [5.41, 5.74) is 5.93. The molecule has 1 aromatic carbocycles. The number of halogens is 1. The first kappa shape index (κ1) is 13.5. The molecule has 2 aromatic rings. The van der Waals surface area contributed by atoms with E-state index in [4.69, 9.17) is 10.3 Å². The Morgan fingerprint density at radius 1 is 1.42 bits per heavy atom. The second-order valence-corrected chi connectivity index (χ2v) is 6.53. The van der Waals surface area contributed by atoms with Crippen molar-refractivity contribution < 1.29 is 17.3 Å². The molecule has 1 aromatic heterocycles. The maximum atomic E-state index is 13.6. The third kappa shape index (κ3) is 2.73. The van der Waals surface area contributed by atoms with Crippen LogP contribution in [0.2, 0.25) is 0 Å². The lowest BCUT2D eigenvalue weighted by molar-refractivity contribution is 0.419. The first-order valence-corrected chi connectivity index (χ1v) is 7.32. The van der Waals surface area contributed by atoms with Gasteiger partial charge in [0.05, 0.1) is 5.56 Å². The molecule has 1 heterocycles. The lowest BCUT2D eigenvalue weighted by atomic mass is 10.2. The quantitative estimate of drug-likeness (QED) is 0.859. The Kier molecular flexibility index (Phi) is 3.27. The number of hydrogen-bond acceptors (Lipinski definition) is 6. The van der Waals surface area contributed by atoms with Crippen molar-refractivity contribution in [1.29, 1.82) is 0 Å². The third-order valence-corrected chi connectivity index (χ3v) is 4.16. The number of aromatic nitrogens is 2. The Labute approximate surface area is 109 Å². The van der Waals surface area contributed by atoms with Crippen molar-refractivity contribution in [3.05, 3.63) is 29.8 Å². The smallest absolute Gasteiger partial charge is 0.261 e. The molecule has 0 fully saturated rings. The summed E-state index contributed by atoms with van der Waals surface area (Å²) in [6.45, 7) is 1.43. The zero-order chi connectivity index (χ0) is 14.2. The van der Waals surface area contributed by atoms with E-state index in [-0.39, 0.29) is 17.3 Å². The monoisotopic (exact) mass is 285 g/mol. The van der Waals surface area contributed by atoms with Crippen LogP contribution >= 0.6 is 0 Å². The molecule has 0 saturated heterocycles. The Balaban J connectivity index is 2.44. The molecule has 1 unspecified atom stereocenters. The fraction of sp³-hybridized carbons (Fsp3) is 0.273. The Morgan fingerprint density at radius 2 is 2.11 bits per heavy atom. The lowest BCUT2D eigenvalue weighted by Gasteiger charge is -2.02. The Morgan fingerprint density at radius 3 is 2.74 bits per heavy atom. The topological polar surface area (TPSA) is 99.1 Å². The van der Waals surface area contributed by atoms with E-state index in [1.54, 1.807) is 0 Å². The van der Waals surface area contributed by atoms with Gasteiger partial charge in [-0.15, -0.1) is 0 Å². The van der Waals surface area contributed by atoms with E-state index in [2.05, 4.69) is 10.1 Å². The molecule has 8 heteroatoms. The number of nitrogens with two attached hydrogens (primary N) is 1. The van der Waals surface area contributed by atoms with E-state index in [1.807, 2.05) is 0 Å². The molecular weight excluding hydrogens is 273 g/mol. The SMILES string of the molecule is CC(c1noc(-c2cc(N)ccc2F)n1)S(C)(=O)=O. The minimum absolute atomic E-state index is 0.0145. The standard InChI is InChI=1S/C11H12FN3O3S/c1-6(19(2,16)17)10-14-11(18-15-10)8-5-7(13)3-4-9(8)12/h3-6H,13H2,1-2H3. The van der Waals surface area contributed by atoms with E-state index in [0.717, 1.165) is 6.26 Å². The van der Waals surface area contributed by atoms with Gasteiger partial charge in [-0.1, -0.05) is 5.16 Å². The number of nitrogens with zero attached hydrogens (tertiary/aromatic N) is 2. The first-order valence-electron chi connectivity index (χ1n) is 5.37. The van der Waals surface area contributed by atoms with Crippen molar-refractivity contribution in [2.75, 3.05) is 12.0 Å². The number of anilines is 1. The van der Waals surface area contributed by atoms with Crippen LogP contribution in [0, 0.1) is 5.82 Å². The largest absolute Gasteiger partial charge is 0.399 e. The highest BCUT2D eigenvalue weighted by Gasteiger charge is 2.24. The highest BCUT2D eigenvalue weighted by atomic mass is 32.2. The predicted molar refractivity (Wildman–Crippen MR) is 67.4 cm³/mol. The molecule has 0 aliphatic carbocycles. The lowest BCUT2D eigenvalue weighted by Crippen LogP contribution is -2.09. The summed E-state index contributed by atoms with van der Waals surface area (Å²) in [7, 11) is -3.35. The zero-order valence-corrected chi connectivity index (χ0v) is 11.1. The summed E-state index contributed by atoms with van der Waals surface area (Å²) >= 11 is 0. The maximum Gasteiger partial charge on any atom is 0.261 e. The summed E-state index contributed by atoms with van der Waals surface area (Å²) < 4.78 is 41.2. The maximum absolute atomic E-state index is 13.6. The number of nitrogen functional groups attached to an aromatic ring is 1. The van der Waals surface area contributed by atoms with Gasteiger partial charge in [-0.25, -0.2) is 12.8 Å². The van der Waals surface area contributed by atoms with Crippen LogP contribution in [0.15, 0.2) is 22.7 Å². The van der Waals surface area contributed by atoms with Gasteiger partial charge in [-0.3, -0.25) is 0 Å². The summed E-state index contributed by atoms with van der Waals surface area (Å²) in [4.78, 5) is 3.90. The van der Waals surface area contributed by atoms with Crippen LogP contribution in [0.25, 0.3) is 11.5 Å². The second-order valence-electron chi connectivity index (χ2n) is 4.17. The van der Waals surface area contributed by atoms with Crippen molar-refractivity contribution >= 4 is 15.5 Å². The second kappa shape index (κ2) is 4.61. The molecule has 6 nitrogen and oxygen atoms in total. The molecule has 2 rings (SSSR count). The minimum Gasteiger partial charge on any atom is -0.399 e. The van der Waals surface area contributed by atoms with Crippen LogP contribution in [0.4, 0.5) is 10.1 Å². The molecule has 0 aliphatic rings. The fourth-order valence-corrected chi connectivity index (χ4v) is 1.89. The van der Waals surface area contributed by atoms with Gasteiger partial charge in [0, 0.05) is 11.9 Å². The van der Waals surface area contributed by atoms with Crippen LogP contribution in [-0.4, -0.2) is 24.8 Å². The van der Waals surface area contributed by atoms with E-state index >= 15 is 0 Å². The van der Waals surface area contributed by atoms with Gasteiger partial charge in [0.15, 0.2) is 15.7 Å². The van der Waals surface area contributed by atoms with Gasteiger partial charge in [0.1, 0.15) is 11.1 Å². The summed E-state index contributed by atoms with van der Waals surface area (Å²) in [6.07, 6.45) is 1.06. The molecule has 0 aliphatic heterocycles.